The van der Waals surface area contributed by atoms with Crippen molar-refractivity contribution in [1.82, 2.24) is 19.4 Å². The summed E-state index contributed by atoms with van der Waals surface area (Å²) in [5.74, 6) is -0.418. The maximum Gasteiger partial charge on any atom is 0.340 e. The van der Waals surface area contributed by atoms with Crippen LogP contribution in [0.15, 0.2) is 48.5 Å². The quantitative estimate of drug-likeness (QED) is 0.205. The van der Waals surface area contributed by atoms with Crippen molar-refractivity contribution in [2.75, 3.05) is 6.61 Å². The van der Waals surface area contributed by atoms with Crippen LogP contribution in [0.5, 0.6) is 0 Å². The Balaban J connectivity index is 1.82. The van der Waals surface area contributed by atoms with E-state index in [0.717, 1.165) is 42.7 Å². The van der Waals surface area contributed by atoms with E-state index < -0.39 is 5.97 Å². The smallest absolute Gasteiger partial charge is 0.340 e. The molecule has 0 spiro atoms. The summed E-state index contributed by atoms with van der Waals surface area (Å²) in [5.41, 5.74) is 6.08. The molecule has 6 rings (SSSR count). The third kappa shape index (κ3) is 3.06. The Labute approximate surface area is 207 Å². The standard InChI is InChI=1S/C25H17ClN4O2S2/c1-3-32-24(31)17-12(2)27-23-19(18(17)13-8-10-14(26)11-9-13)20-21(34-23)22-28-15-6-4-5-7-16(15)30(22)25(33)29-20/h4-11,28H,3H2,1-2H3. The molecule has 0 amide bonds. The highest BCUT2D eigenvalue weighted by Gasteiger charge is 2.26. The molecule has 0 aliphatic carbocycles. The zero-order chi connectivity index (χ0) is 23.6. The largest absolute Gasteiger partial charge is 0.462 e. The maximum absolute atomic E-state index is 13.1. The molecular weight excluding hydrogens is 488 g/mol. The average Bonchev–Trinajstić information content (AvgIpc) is 3.38. The number of carbonyl (C=O) groups excluding carboxylic acids is 1. The van der Waals surface area contributed by atoms with Crippen LogP contribution in [0.1, 0.15) is 23.0 Å². The van der Waals surface area contributed by atoms with Crippen molar-refractivity contribution < 1.29 is 9.53 Å². The number of ether oxygens (including phenoxy) is 1. The first-order chi connectivity index (χ1) is 16.5. The zero-order valence-electron chi connectivity index (χ0n) is 18.2. The van der Waals surface area contributed by atoms with Crippen LogP contribution >= 0.6 is 35.2 Å². The number of hydrogen-bond acceptors (Lipinski definition) is 6. The topological polar surface area (TPSA) is 72.3 Å². The highest BCUT2D eigenvalue weighted by atomic mass is 35.5. The Bertz CT molecular complexity index is 1830. The van der Waals surface area contributed by atoms with Crippen LogP contribution in [0.4, 0.5) is 0 Å². The third-order valence-electron chi connectivity index (χ3n) is 5.84. The molecule has 0 unspecified atom stereocenters. The van der Waals surface area contributed by atoms with Crippen LogP contribution in [0, 0.1) is 11.7 Å². The number of aromatic nitrogens is 4. The molecular formula is C25H17ClN4O2S2. The molecule has 6 aromatic rings. The summed E-state index contributed by atoms with van der Waals surface area (Å²) < 4.78 is 8.71. The normalized spacial score (nSPS) is 11.7. The van der Waals surface area contributed by atoms with Crippen molar-refractivity contribution in [2.45, 2.75) is 13.8 Å². The minimum absolute atomic E-state index is 0.266. The number of nitrogens with zero attached hydrogens (tertiary/aromatic N) is 3. The van der Waals surface area contributed by atoms with Crippen molar-refractivity contribution in [3.05, 3.63) is 69.6 Å². The molecule has 2 aromatic carbocycles. The second kappa shape index (κ2) is 7.87. The van der Waals surface area contributed by atoms with Gasteiger partial charge in [0.25, 0.3) is 0 Å². The molecule has 0 fully saturated rings. The van der Waals surface area contributed by atoms with E-state index in [4.69, 9.17) is 38.5 Å². The summed E-state index contributed by atoms with van der Waals surface area (Å²) in [6.45, 7) is 3.88. The van der Waals surface area contributed by atoms with Crippen molar-refractivity contribution in [3.8, 4) is 11.1 Å². The molecule has 0 aliphatic rings. The van der Waals surface area contributed by atoms with Gasteiger partial charge in [0.1, 0.15) is 10.5 Å². The lowest BCUT2D eigenvalue weighted by atomic mass is 9.95. The maximum atomic E-state index is 13.1. The van der Waals surface area contributed by atoms with Gasteiger partial charge in [0, 0.05) is 16.0 Å². The van der Waals surface area contributed by atoms with Crippen LogP contribution in [0.25, 0.3) is 48.2 Å². The first-order valence-electron chi connectivity index (χ1n) is 10.7. The summed E-state index contributed by atoms with van der Waals surface area (Å²) in [5, 5.41) is 1.39. The lowest BCUT2D eigenvalue weighted by Crippen LogP contribution is -2.10. The highest BCUT2D eigenvalue weighted by molar-refractivity contribution is 7.71. The number of nitrogens with one attached hydrogen (secondary N) is 1. The van der Waals surface area contributed by atoms with Gasteiger partial charge in [0.15, 0.2) is 0 Å². The third-order valence-corrected chi connectivity index (χ3v) is 7.45. The van der Waals surface area contributed by atoms with E-state index in [0.29, 0.717) is 26.6 Å². The Morgan fingerprint density at radius 3 is 2.71 bits per heavy atom. The molecule has 0 atom stereocenters. The molecule has 0 aliphatic heterocycles. The number of thiophene rings is 1. The average molecular weight is 505 g/mol. The molecule has 0 radical (unpaired) electrons. The number of hydrogen-bond donors (Lipinski definition) is 1. The Morgan fingerprint density at radius 1 is 1.18 bits per heavy atom. The summed E-state index contributed by atoms with van der Waals surface area (Å²) in [6.07, 6.45) is 0. The van der Waals surface area contributed by atoms with Crippen molar-refractivity contribution in [3.63, 3.8) is 0 Å². The molecule has 6 nitrogen and oxygen atoms in total. The van der Waals surface area contributed by atoms with E-state index >= 15 is 0 Å². The lowest BCUT2D eigenvalue weighted by Gasteiger charge is -2.13. The van der Waals surface area contributed by atoms with E-state index in [9.17, 15) is 4.79 Å². The fourth-order valence-electron chi connectivity index (χ4n) is 4.44. The molecule has 168 valence electrons. The van der Waals surface area contributed by atoms with Gasteiger partial charge in [-0.1, -0.05) is 35.9 Å². The molecule has 0 bridgehead atoms. The van der Waals surface area contributed by atoms with Crippen LogP contribution in [-0.4, -0.2) is 31.9 Å². The van der Waals surface area contributed by atoms with Gasteiger partial charge in [-0.3, -0.25) is 4.40 Å². The Kier molecular flexibility index (Phi) is 4.91. The number of pyridine rings is 1. The van der Waals surface area contributed by atoms with E-state index in [1.807, 2.05) is 47.7 Å². The van der Waals surface area contributed by atoms with Crippen molar-refractivity contribution >= 4 is 78.2 Å². The number of esters is 1. The fourth-order valence-corrected chi connectivity index (χ4v) is 6.00. The van der Waals surface area contributed by atoms with Crippen molar-refractivity contribution in [1.29, 1.82) is 0 Å². The van der Waals surface area contributed by atoms with Crippen LogP contribution in [-0.2, 0) is 4.74 Å². The molecule has 4 aromatic heterocycles. The minimum Gasteiger partial charge on any atom is -0.462 e. The SMILES string of the molecule is CCOC(=O)c1c(C)nc2sc3c(nc(=S)n4c5ccccc5[nH]c34)c2c1-c1ccc(Cl)cc1. The number of aromatic amines is 1. The number of aryl methyl sites for hydroxylation is 1. The number of fused-ring (bicyclic) bond motifs is 7. The van der Waals surface area contributed by atoms with Crippen LogP contribution < -0.4 is 0 Å². The number of para-hydroxylation sites is 2. The van der Waals surface area contributed by atoms with Gasteiger partial charge >= 0.3 is 5.97 Å². The van der Waals surface area contributed by atoms with Crippen molar-refractivity contribution in [2.24, 2.45) is 0 Å². The number of benzene rings is 2. The van der Waals surface area contributed by atoms with Gasteiger partial charge in [0.05, 0.1) is 39.1 Å². The van der Waals surface area contributed by atoms with E-state index in [1.54, 1.807) is 19.1 Å². The minimum atomic E-state index is -0.418. The van der Waals surface area contributed by atoms with Crippen LogP contribution in [0.3, 0.4) is 0 Å². The Morgan fingerprint density at radius 2 is 1.94 bits per heavy atom. The molecule has 4 heterocycles. The summed E-state index contributed by atoms with van der Waals surface area (Å²) in [6, 6.07) is 15.4. The van der Waals surface area contributed by atoms with E-state index in [2.05, 4.69) is 4.98 Å². The second-order valence-electron chi connectivity index (χ2n) is 7.86. The van der Waals surface area contributed by atoms with Gasteiger partial charge < -0.3 is 9.72 Å². The molecule has 9 heteroatoms. The number of imidazole rings is 1. The van der Waals surface area contributed by atoms with Crippen LogP contribution in [0.2, 0.25) is 5.02 Å². The van der Waals surface area contributed by atoms with Gasteiger partial charge in [-0.15, -0.1) is 11.3 Å². The van der Waals surface area contributed by atoms with Gasteiger partial charge in [-0.25, -0.2) is 14.8 Å². The lowest BCUT2D eigenvalue weighted by molar-refractivity contribution is 0.0526. The first-order valence-corrected chi connectivity index (χ1v) is 12.3. The summed E-state index contributed by atoms with van der Waals surface area (Å²) >= 11 is 13.4. The number of H-pyrrole nitrogens is 1. The fraction of sp³-hybridized carbons (Fsp3) is 0.120. The number of carbonyl (C=O) groups is 1. The number of rotatable bonds is 3. The molecule has 1 N–H and O–H groups in total. The van der Waals surface area contributed by atoms with E-state index in [1.165, 1.54) is 11.3 Å². The van der Waals surface area contributed by atoms with Gasteiger partial charge in [0.2, 0.25) is 4.77 Å². The Hall–Kier alpha value is -3.33. The van der Waals surface area contributed by atoms with Gasteiger partial charge in [-0.05, 0) is 55.9 Å². The van der Waals surface area contributed by atoms with Gasteiger partial charge in [-0.2, -0.15) is 0 Å². The monoisotopic (exact) mass is 504 g/mol. The molecule has 34 heavy (non-hydrogen) atoms. The zero-order valence-corrected chi connectivity index (χ0v) is 20.6. The van der Waals surface area contributed by atoms with E-state index in [-0.39, 0.29) is 6.61 Å². The predicted molar refractivity (Wildman–Crippen MR) is 140 cm³/mol. The summed E-state index contributed by atoms with van der Waals surface area (Å²) in [4.78, 5) is 27.0. The highest BCUT2D eigenvalue weighted by Crippen LogP contribution is 2.43. The molecule has 0 saturated heterocycles. The predicted octanol–water partition coefficient (Wildman–Crippen LogP) is 7.11. The first kappa shape index (κ1) is 21.2. The second-order valence-corrected chi connectivity index (χ2v) is 9.66. The number of halogens is 1. The summed E-state index contributed by atoms with van der Waals surface area (Å²) in [7, 11) is 0. The molecule has 0 saturated carbocycles.